The molecule has 16 heavy (non-hydrogen) atoms. The highest BCUT2D eigenvalue weighted by molar-refractivity contribution is 4.76. The fourth-order valence-corrected chi connectivity index (χ4v) is 2.51. The van der Waals surface area contributed by atoms with Gasteiger partial charge in [0.15, 0.2) is 0 Å². The Balaban J connectivity index is 2.26. The molecule has 2 atom stereocenters. The molecular weight excluding hydrogens is 200 g/mol. The van der Waals surface area contributed by atoms with Crippen LogP contribution in [0.1, 0.15) is 33.6 Å². The lowest BCUT2D eigenvalue weighted by Crippen LogP contribution is -2.43. The Morgan fingerprint density at radius 1 is 1.38 bits per heavy atom. The van der Waals surface area contributed by atoms with E-state index in [9.17, 15) is 5.11 Å². The van der Waals surface area contributed by atoms with Gasteiger partial charge in [0.25, 0.3) is 0 Å². The summed E-state index contributed by atoms with van der Waals surface area (Å²) in [7, 11) is 0. The van der Waals surface area contributed by atoms with Gasteiger partial charge in [-0.1, -0.05) is 13.8 Å². The summed E-state index contributed by atoms with van der Waals surface area (Å²) >= 11 is 0. The highest BCUT2D eigenvalue weighted by Crippen LogP contribution is 2.19. The molecule has 0 amide bonds. The van der Waals surface area contributed by atoms with Crippen LogP contribution in [0, 0.1) is 5.92 Å². The maximum absolute atomic E-state index is 9.63. The highest BCUT2D eigenvalue weighted by Gasteiger charge is 2.23. The number of hydrogen-bond acceptors (Lipinski definition) is 3. The standard InChI is InChI=1S/C13H28N2O/c1-4-14(5-2)9-10-15-8-6-7-13(11-15)12(3)16/h12-13,16H,4-11H2,1-3H3. The SMILES string of the molecule is CCN(CC)CCN1CCCC(C(C)O)C1. The minimum absolute atomic E-state index is 0.142. The highest BCUT2D eigenvalue weighted by atomic mass is 16.3. The Morgan fingerprint density at radius 2 is 2.06 bits per heavy atom. The van der Waals surface area contributed by atoms with Gasteiger partial charge in [0, 0.05) is 19.6 Å². The maximum atomic E-state index is 9.63. The zero-order valence-electron chi connectivity index (χ0n) is 11.2. The van der Waals surface area contributed by atoms with Gasteiger partial charge in [-0.25, -0.2) is 0 Å². The van der Waals surface area contributed by atoms with Gasteiger partial charge in [-0.15, -0.1) is 0 Å². The number of piperidine rings is 1. The van der Waals surface area contributed by atoms with E-state index in [1.807, 2.05) is 6.92 Å². The summed E-state index contributed by atoms with van der Waals surface area (Å²) < 4.78 is 0. The van der Waals surface area contributed by atoms with Crippen LogP contribution in [-0.2, 0) is 0 Å². The van der Waals surface area contributed by atoms with Gasteiger partial charge >= 0.3 is 0 Å². The van der Waals surface area contributed by atoms with Crippen LogP contribution in [0.4, 0.5) is 0 Å². The molecule has 3 heteroatoms. The Bertz CT molecular complexity index is 181. The molecule has 1 fully saturated rings. The molecule has 1 heterocycles. The first-order valence-electron chi connectivity index (χ1n) is 6.80. The zero-order valence-corrected chi connectivity index (χ0v) is 11.2. The molecule has 0 bridgehead atoms. The molecule has 1 rings (SSSR count). The number of aliphatic hydroxyl groups excluding tert-OH is 1. The smallest absolute Gasteiger partial charge is 0.0552 e. The second-order valence-electron chi connectivity index (χ2n) is 4.97. The van der Waals surface area contributed by atoms with Gasteiger partial charge < -0.3 is 14.9 Å². The maximum Gasteiger partial charge on any atom is 0.0552 e. The zero-order chi connectivity index (χ0) is 12.0. The average molecular weight is 228 g/mol. The first kappa shape index (κ1) is 13.9. The van der Waals surface area contributed by atoms with Gasteiger partial charge in [-0.3, -0.25) is 0 Å². The van der Waals surface area contributed by atoms with Crippen LogP contribution >= 0.6 is 0 Å². The first-order chi connectivity index (χ1) is 7.67. The Hall–Kier alpha value is -0.120. The third-order valence-corrected chi connectivity index (χ3v) is 3.85. The second kappa shape index (κ2) is 7.25. The second-order valence-corrected chi connectivity index (χ2v) is 4.97. The van der Waals surface area contributed by atoms with Gasteiger partial charge in [0.1, 0.15) is 0 Å². The third-order valence-electron chi connectivity index (χ3n) is 3.85. The van der Waals surface area contributed by atoms with Crippen LogP contribution in [0.2, 0.25) is 0 Å². The molecule has 0 aliphatic carbocycles. The van der Waals surface area contributed by atoms with E-state index in [1.165, 1.54) is 25.9 Å². The van der Waals surface area contributed by atoms with E-state index in [1.54, 1.807) is 0 Å². The molecule has 0 radical (unpaired) electrons. The van der Waals surface area contributed by atoms with E-state index in [0.29, 0.717) is 5.92 Å². The van der Waals surface area contributed by atoms with Crippen LogP contribution in [0.3, 0.4) is 0 Å². The number of likely N-dealkylation sites (tertiary alicyclic amines) is 1. The quantitative estimate of drug-likeness (QED) is 0.745. The molecule has 0 spiro atoms. The number of aliphatic hydroxyl groups is 1. The van der Waals surface area contributed by atoms with Crippen molar-refractivity contribution in [3.05, 3.63) is 0 Å². The minimum Gasteiger partial charge on any atom is -0.393 e. The summed E-state index contributed by atoms with van der Waals surface area (Å²) in [6.45, 7) is 13.3. The number of rotatable bonds is 6. The lowest BCUT2D eigenvalue weighted by Gasteiger charge is -2.35. The molecule has 0 aromatic carbocycles. The van der Waals surface area contributed by atoms with Gasteiger partial charge in [0.05, 0.1) is 6.10 Å². The minimum atomic E-state index is -0.142. The van der Waals surface area contributed by atoms with Crippen molar-refractivity contribution in [2.75, 3.05) is 39.3 Å². The predicted octanol–water partition coefficient (Wildman–Crippen LogP) is 1.42. The van der Waals surface area contributed by atoms with Crippen molar-refractivity contribution < 1.29 is 5.11 Å². The van der Waals surface area contributed by atoms with Crippen LogP contribution < -0.4 is 0 Å². The van der Waals surface area contributed by atoms with E-state index in [0.717, 1.165) is 26.2 Å². The Morgan fingerprint density at radius 3 is 2.62 bits per heavy atom. The molecular formula is C13H28N2O. The lowest BCUT2D eigenvalue weighted by atomic mass is 9.93. The molecule has 1 aliphatic rings. The van der Waals surface area contributed by atoms with Crippen molar-refractivity contribution in [3.8, 4) is 0 Å². The Kier molecular flexibility index (Phi) is 6.32. The van der Waals surface area contributed by atoms with Crippen molar-refractivity contribution in [2.24, 2.45) is 5.92 Å². The predicted molar refractivity (Wildman–Crippen MR) is 68.6 cm³/mol. The fourth-order valence-electron chi connectivity index (χ4n) is 2.51. The molecule has 1 aliphatic heterocycles. The van der Waals surface area contributed by atoms with Gasteiger partial charge in [-0.05, 0) is 45.3 Å². The molecule has 2 unspecified atom stereocenters. The third kappa shape index (κ3) is 4.40. The topological polar surface area (TPSA) is 26.7 Å². The molecule has 1 saturated heterocycles. The number of hydrogen-bond donors (Lipinski definition) is 1. The van der Waals surface area contributed by atoms with E-state index in [4.69, 9.17) is 0 Å². The summed E-state index contributed by atoms with van der Waals surface area (Å²) in [4.78, 5) is 4.98. The van der Waals surface area contributed by atoms with Crippen LogP contribution in [0.15, 0.2) is 0 Å². The molecule has 1 N–H and O–H groups in total. The van der Waals surface area contributed by atoms with E-state index < -0.39 is 0 Å². The molecule has 0 aromatic rings. The van der Waals surface area contributed by atoms with Crippen molar-refractivity contribution in [3.63, 3.8) is 0 Å². The van der Waals surface area contributed by atoms with Crippen molar-refractivity contribution >= 4 is 0 Å². The van der Waals surface area contributed by atoms with Gasteiger partial charge in [-0.2, -0.15) is 0 Å². The lowest BCUT2D eigenvalue weighted by molar-refractivity contribution is 0.0589. The summed E-state index contributed by atoms with van der Waals surface area (Å²) in [5, 5.41) is 9.63. The van der Waals surface area contributed by atoms with Crippen molar-refractivity contribution in [1.29, 1.82) is 0 Å². The van der Waals surface area contributed by atoms with E-state index in [-0.39, 0.29) is 6.10 Å². The molecule has 0 aromatic heterocycles. The van der Waals surface area contributed by atoms with E-state index in [2.05, 4.69) is 23.6 Å². The molecule has 0 saturated carbocycles. The molecule has 3 nitrogen and oxygen atoms in total. The van der Waals surface area contributed by atoms with Crippen LogP contribution in [0.5, 0.6) is 0 Å². The van der Waals surface area contributed by atoms with Crippen LogP contribution in [-0.4, -0.2) is 60.3 Å². The largest absolute Gasteiger partial charge is 0.393 e. The van der Waals surface area contributed by atoms with Crippen LogP contribution in [0.25, 0.3) is 0 Å². The monoisotopic (exact) mass is 228 g/mol. The summed E-state index contributed by atoms with van der Waals surface area (Å²) in [6.07, 6.45) is 2.30. The summed E-state index contributed by atoms with van der Waals surface area (Å²) in [6, 6.07) is 0. The summed E-state index contributed by atoms with van der Waals surface area (Å²) in [5.74, 6) is 0.491. The van der Waals surface area contributed by atoms with Crippen molar-refractivity contribution in [1.82, 2.24) is 9.80 Å². The van der Waals surface area contributed by atoms with Crippen molar-refractivity contribution in [2.45, 2.75) is 39.7 Å². The Labute approximate surface area is 100 Å². The normalized spacial score (nSPS) is 24.9. The number of nitrogens with zero attached hydrogens (tertiary/aromatic N) is 2. The number of likely N-dealkylation sites (N-methyl/N-ethyl adjacent to an activating group) is 1. The summed E-state index contributed by atoms with van der Waals surface area (Å²) in [5.41, 5.74) is 0. The molecule has 96 valence electrons. The fraction of sp³-hybridized carbons (Fsp3) is 1.00. The van der Waals surface area contributed by atoms with E-state index >= 15 is 0 Å². The first-order valence-corrected chi connectivity index (χ1v) is 6.80. The van der Waals surface area contributed by atoms with Gasteiger partial charge in [0.2, 0.25) is 0 Å². The average Bonchev–Trinajstić information content (AvgIpc) is 2.31.